The molecular weight excluding hydrogens is 433 g/mol. The first-order valence-corrected chi connectivity index (χ1v) is 11.2. The number of carbonyl (C=O) groups excluding carboxylic acids is 1. The molecule has 0 aromatic heterocycles. The molecule has 0 aliphatic carbocycles. The van der Waals surface area contributed by atoms with E-state index in [2.05, 4.69) is 9.80 Å². The Balaban J connectivity index is 1.31. The van der Waals surface area contributed by atoms with E-state index in [0.29, 0.717) is 25.9 Å². The van der Waals surface area contributed by atoms with E-state index < -0.39 is 17.8 Å². The van der Waals surface area contributed by atoms with Crippen molar-refractivity contribution in [1.82, 2.24) is 9.80 Å². The molecule has 1 fully saturated rings. The van der Waals surface area contributed by atoms with Crippen LogP contribution in [0.15, 0.2) is 48.5 Å². The van der Waals surface area contributed by atoms with Crippen molar-refractivity contribution >= 4 is 5.78 Å². The van der Waals surface area contributed by atoms with Crippen LogP contribution in [-0.2, 0) is 17.4 Å². The standard InChI is InChI=1S/C25H31F3N2O3/c1-19-2-10-24(11-3-19)33-18-23(32)17-30-14-12-29(13-15-30)16-22(31)9-6-20-4-7-21(8-5-20)25(26,27)28/h2-5,7-8,10-11,23,32H,6,9,12-18H2,1H3/t23-/m1/s1. The van der Waals surface area contributed by atoms with E-state index in [0.717, 1.165) is 55.2 Å². The Kier molecular flexibility index (Phi) is 8.88. The van der Waals surface area contributed by atoms with Gasteiger partial charge in [-0.15, -0.1) is 0 Å². The predicted molar refractivity (Wildman–Crippen MR) is 120 cm³/mol. The quantitative estimate of drug-likeness (QED) is 0.583. The van der Waals surface area contributed by atoms with E-state index in [1.807, 2.05) is 31.2 Å². The fourth-order valence-corrected chi connectivity index (χ4v) is 3.78. The average Bonchev–Trinajstić information content (AvgIpc) is 2.78. The molecule has 1 atom stereocenters. The average molecular weight is 465 g/mol. The van der Waals surface area contributed by atoms with Crippen LogP contribution in [0.5, 0.6) is 5.75 Å². The van der Waals surface area contributed by atoms with Crippen LogP contribution in [-0.4, -0.2) is 72.7 Å². The summed E-state index contributed by atoms with van der Waals surface area (Å²) in [6.45, 7) is 6.07. The molecule has 0 unspecified atom stereocenters. The van der Waals surface area contributed by atoms with Gasteiger partial charge in [-0.05, 0) is 43.2 Å². The summed E-state index contributed by atoms with van der Waals surface area (Å²) >= 11 is 0. The Morgan fingerprint density at radius 1 is 1.00 bits per heavy atom. The molecule has 1 heterocycles. The summed E-state index contributed by atoms with van der Waals surface area (Å²) in [6, 6.07) is 12.7. The summed E-state index contributed by atoms with van der Waals surface area (Å²) in [5.41, 5.74) is 1.20. The maximum Gasteiger partial charge on any atom is 0.416 e. The van der Waals surface area contributed by atoms with Gasteiger partial charge in [-0.1, -0.05) is 29.8 Å². The zero-order valence-electron chi connectivity index (χ0n) is 18.9. The minimum atomic E-state index is -4.35. The van der Waals surface area contributed by atoms with Gasteiger partial charge in [-0.25, -0.2) is 0 Å². The summed E-state index contributed by atoms with van der Waals surface area (Å²) in [4.78, 5) is 16.6. The number of aliphatic hydroxyl groups excluding tert-OH is 1. The summed E-state index contributed by atoms with van der Waals surface area (Å²) in [6.07, 6.45) is -4.20. The molecule has 0 amide bonds. The lowest BCUT2D eigenvalue weighted by molar-refractivity contribution is -0.137. The predicted octanol–water partition coefficient (Wildman–Crippen LogP) is 3.57. The van der Waals surface area contributed by atoms with Gasteiger partial charge in [-0.2, -0.15) is 13.2 Å². The van der Waals surface area contributed by atoms with Gasteiger partial charge in [0.05, 0.1) is 12.1 Å². The maximum atomic E-state index is 12.6. The lowest BCUT2D eigenvalue weighted by Gasteiger charge is -2.35. The van der Waals surface area contributed by atoms with Crippen LogP contribution in [0.25, 0.3) is 0 Å². The molecule has 2 aromatic carbocycles. The van der Waals surface area contributed by atoms with Crippen LogP contribution >= 0.6 is 0 Å². The van der Waals surface area contributed by atoms with Gasteiger partial charge >= 0.3 is 6.18 Å². The summed E-state index contributed by atoms with van der Waals surface area (Å²) in [5.74, 6) is 0.814. The number of rotatable bonds is 10. The molecule has 8 heteroatoms. The second-order valence-electron chi connectivity index (χ2n) is 8.59. The summed E-state index contributed by atoms with van der Waals surface area (Å²) in [5, 5.41) is 10.3. The molecule has 3 rings (SSSR count). The Morgan fingerprint density at radius 2 is 1.61 bits per heavy atom. The Bertz CT molecular complexity index is 877. The van der Waals surface area contributed by atoms with Crippen LogP contribution < -0.4 is 4.74 Å². The minimum absolute atomic E-state index is 0.0786. The number of hydrogen-bond acceptors (Lipinski definition) is 5. The number of Topliss-reactive ketones (excluding diaryl/α,β-unsaturated/α-hetero) is 1. The van der Waals surface area contributed by atoms with Crippen molar-refractivity contribution in [2.45, 2.75) is 32.0 Å². The Labute approximate surface area is 192 Å². The van der Waals surface area contributed by atoms with Crippen LogP contribution in [0.2, 0.25) is 0 Å². The first-order valence-electron chi connectivity index (χ1n) is 11.2. The molecular formula is C25H31F3N2O3. The Hall–Kier alpha value is -2.42. The molecule has 0 spiro atoms. The minimum Gasteiger partial charge on any atom is -0.491 e. The van der Waals surface area contributed by atoms with Gasteiger partial charge in [0.1, 0.15) is 24.2 Å². The third-order valence-electron chi connectivity index (χ3n) is 5.77. The molecule has 1 N–H and O–H groups in total. The molecule has 1 saturated heterocycles. The van der Waals surface area contributed by atoms with Crippen LogP contribution in [0.1, 0.15) is 23.1 Å². The fraction of sp³-hybridized carbons (Fsp3) is 0.480. The second-order valence-corrected chi connectivity index (χ2v) is 8.59. The van der Waals surface area contributed by atoms with Crippen LogP contribution in [0.3, 0.4) is 0 Å². The van der Waals surface area contributed by atoms with Crippen LogP contribution in [0.4, 0.5) is 13.2 Å². The van der Waals surface area contributed by atoms with Gasteiger partial charge in [0.15, 0.2) is 0 Å². The highest BCUT2D eigenvalue weighted by atomic mass is 19.4. The molecule has 0 radical (unpaired) electrons. The highest BCUT2D eigenvalue weighted by Crippen LogP contribution is 2.29. The van der Waals surface area contributed by atoms with Crippen molar-refractivity contribution in [3.8, 4) is 5.75 Å². The van der Waals surface area contributed by atoms with E-state index in [1.165, 1.54) is 12.1 Å². The third-order valence-corrected chi connectivity index (χ3v) is 5.77. The van der Waals surface area contributed by atoms with Crippen molar-refractivity contribution in [3.63, 3.8) is 0 Å². The molecule has 1 aliphatic heterocycles. The van der Waals surface area contributed by atoms with E-state index >= 15 is 0 Å². The number of carbonyl (C=O) groups is 1. The number of benzene rings is 2. The van der Waals surface area contributed by atoms with Crippen molar-refractivity contribution in [3.05, 3.63) is 65.2 Å². The first-order chi connectivity index (χ1) is 15.7. The number of aliphatic hydroxyl groups is 1. The number of ketones is 1. The van der Waals surface area contributed by atoms with E-state index in [-0.39, 0.29) is 12.4 Å². The number of ether oxygens (including phenoxy) is 1. The molecule has 0 saturated carbocycles. The van der Waals surface area contributed by atoms with Crippen molar-refractivity contribution in [2.75, 3.05) is 45.9 Å². The smallest absolute Gasteiger partial charge is 0.416 e. The largest absolute Gasteiger partial charge is 0.491 e. The SMILES string of the molecule is Cc1ccc(OC[C@H](O)CN2CCN(CC(=O)CCc3ccc(C(F)(F)F)cc3)CC2)cc1. The summed E-state index contributed by atoms with van der Waals surface area (Å²) < 4.78 is 43.5. The number of β-amino-alcohol motifs (C(OH)–C–C–N with tert-alkyl or cyclic N) is 1. The van der Waals surface area contributed by atoms with E-state index in [4.69, 9.17) is 4.74 Å². The number of piperazine rings is 1. The number of halogens is 3. The summed E-state index contributed by atoms with van der Waals surface area (Å²) in [7, 11) is 0. The highest BCUT2D eigenvalue weighted by molar-refractivity contribution is 5.80. The van der Waals surface area contributed by atoms with E-state index in [9.17, 15) is 23.1 Å². The number of hydrogen-bond donors (Lipinski definition) is 1. The molecule has 1 aliphatic rings. The van der Waals surface area contributed by atoms with Gasteiger partial charge in [0, 0.05) is 39.1 Å². The molecule has 180 valence electrons. The molecule has 2 aromatic rings. The maximum absolute atomic E-state index is 12.6. The third kappa shape index (κ3) is 8.46. The van der Waals surface area contributed by atoms with Crippen LogP contribution in [0, 0.1) is 6.92 Å². The van der Waals surface area contributed by atoms with E-state index in [1.54, 1.807) is 0 Å². The second kappa shape index (κ2) is 11.6. The zero-order valence-corrected chi connectivity index (χ0v) is 18.9. The fourth-order valence-electron chi connectivity index (χ4n) is 3.78. The molecule has 0 bridgehead atoms. The van der Waals surface area contributed by atoms with Gasteiger partial charge < -0.3 is 9.84 Å². The van der Waals surface area contributed by atoms with Crippen molar-refractivity contribution in [1.29, 1.82) is 0 Å². The normalized spacial score (nSPS) is 16.5. The number of aryl methyl sites for hydroxylation is 2. The topological polar surface area (TPSA) is 53.0 Å². The van der Waals surface area contributed by atoms with Crippen molar-refractivity contribution < 1.29 is 27.8 Å². The number of nitrogens with zero attached hydrogens (tertiary/aromatic N) is 2. The first kappa shape index (κ1) is 25.2. The highest BCUT2D eigenvalue weighted by Gasteiger charge is 2.30. The lowest BCUT2D eigenvalue weighted by atomic mass is 10.0. The van der Waals surface area contributed by atoms with Gasteiger partial charge in [0.2, 0.25) is 0 Å². The monoisotopic (exact) mass is 464 g/mol. The number of alkyl halides is 3. The Morgan fingerprint density at radius 3 is 2.21 bits per heavy atom. The molecule has 5 nitrogen and oxygen atoms in total. The van der Waals surface area contributed by atoms with Gasteiger partial charge in [0.25, 0.3) is 0 Å². The van der Waals surface area contributed by atoms with Gasteiger partial charge in [-0.3, -0.25) is 14.6 Å². The lowest BCUT2D eigenvalue weighted by Crippen LogP contribution is -2.50. The molecule has 33 heavy (non-hydrogen) atoms. The van der Waals surface area contributed by atoms with Crippen molar-refractivity contribution in [2.24, 2.45) is 0 Å². The zero-order chi connectivity index (χ0) is 23.8.